The molecule has 1 aliphatic heterocycles. The lowest BCUT2D eigenvalue weighted by atomic mass is 10.1. The number of hydrogen-bond acceptors (Lipinski definition) is 4. The van der Waals surface area contributed by atoms with Gasteiger partial charge in [0.05, 0.1) is 10.7 Å². The molecular formula is C14H17ClN2O3. The number of benzene rings is 1. The van der Waals surface area contributed by atoms with Crippen molar-refractivity contribution in [1.82, 2.24) is 0 Å². The van der Waals surface area contributed by atoms with Crippen LogP contribution < -0.4 is 20.5 Å². The average Bonchev–Trinajstić information content (AvgIpc) is 3.23. The number of carbonyl (C=O) groups excluding carboxylic acids is 1. The van der Waals surface area contributed by atoms with Gasteiger partial charge in [0.1, 0.15) is 13.2 Å². The van der Waals surface area contributed by atoms with E-state index in [0.717, 1.165) is 12.8 Å². The predicted molar refractivity (Wildman–Crippen MR) is 76.4 cm³/mol. The molecule has 1 aromatic carbocycles. The molecule has 1 fully saturated rings. The van der Waals surface area contributed by atoms with Crippen molar-refractivity contribution >= 4 is 23.2 Å². The summed E-state index contributed by atoms with van der Waals surface area (Å²) in [5, 5.41) is 3.22. The number of hydrogen-bond donors (Lipinski definition) is 2. The number of amides is 1. The molecule has 1 aliphatic carbocycles. The maximum absolute atomic E-state index is 12.0. The molecule has 0 saturated heterocycles. The Morgan fingerprint density at radius 3 is 2.65 bits per heavy atom. The van der Waals surface area contributed by atoms with E-state index in [0.29, 0.717) is 47.8 Å². The van der Waals surface area contributed by atoms with Gasteiger partial charge < -0.3 is 20.5 Å². The van der Waals surface area contributed by atoms with E-state index in [1.807, 2.05) is 0 Å². The van der Waals surface area contributed by atoms with Crippen molar-refractivity contribution in [3.05, 3.63) is 17.2 Å². The molecule has 108 valence electrons. The molecular weight excluding hydrogens is 280 g/mol. The van der Waals surface area contributed by atoms with E-state index in [1.54, 1.807) is 12.1 Å². The second kappa shape index (κ2) is 5.50. The maximum Gasteiger partial charge on any atom is 0.225 e. The van der Waals surface area contributed by atoms with Gasteiger partial charge in [0.2, 0.25) is 5.91 Å². The summed E-state index contributed by atoms with van der Waals surface area (Å²) < 4.78 is 10.9. The van der Waals surface area contributed by atoms with E-state index in [4.69, 9.17) is 26.8 Å². The van der Waals surface area contributed by atoms with E-state index >= 15 is 0 Å². The fourth-order valence-electron chi connectivity index (χ4n) is 2.27. The lowest BCUT2D eigenvalue weighted by Crippen LogP contribution is -2.29. The highest BCUT2D eigenvalue weighted by atomic mass is 35.5. The Kier molecular flexibility index (Phi) is 3.72. The summed E-state index contributed by atoms with van der Waals surface area (Å²) in [6, 6.07) is 3.29. The number of nitrogens with two attached hydrogens (primary N) is 1. The molecule has 3 rings (SSSR count). The number of anilines is 1. The van der Waals surface area contributed by atoms with Gasteiger partial charge in [-0.15, -0.1) is 0 Å². The first kappa shape index (κ1) is 13.5. The quantitative estimate of drug-likeness (QED) is 0.893. The molecule has 1 unspecified atom stereocenters. The number of halogens is 1. The van der Waals surface area contributed by atoms with Crippen LogP contribution in [0.4, 0.5) is 5.69 Å². The first-order chi connectivity index (χ1) is 9.63. The highest BCUT2D eigenvalue weighted by Crippen LogP contribution is 2.38. The van der Waals surface area contributed by atoms with Crippen LogP contribution in [-0.2, 0) is 4.79 Å². The molecule has 0 spiro atoms. The van der Waals surface area contributed by atoms with Gasteiger partial charge in [-0.2, -0.15) is 0 Å². The second-order valence-electron chi connectivity index (χ2n) is 5.23. The van der Waals surface area contributed by atoms with Gasteiger partial charge in [-0.25, -0.2) is 0 Å². The van der Waals surface area contributed by atoms with Gasteiger partial charge in [-0.1, -0.05) is 11.6 Å². The first-order valence-corrected chi connectivity index (χ1v) is 7.16. The molecule has 2 aliphatic rings. The second-order valence-corrected chi connectivity index (χ2v) is 5.64. The van der Waals surface area contributed by atoms with Crippen molar-refractivity contribution in [3.63, 3.8) is 0 Å². The Labute approximate surface area is 122 Å². The van der Waals surface area contributed by atoms with Crippen LogP contribution in [-0.4, -0.2) is 25.2 Å². The lowest BCUT2D eigenvalue weighted by Gasteiger charge is -2.20. The lowest BCUT2D eigenvalue weighted by molar-refractivity contribution is -0.116. The summed E-state index contributed by atoms with van der Waals surface area (Å²) in [7, 11) is 0. The topological polar surface area (TPSA) is 73.6 Å². The van der Waals surface area contributed by atoms with Crippen LogP contribution in [0.5, 0.6) is 11.5 Å². The molecule has 1 heterocycles. The Bertz CT molecular complexity index is 531. The highest BCUT2D eigenvalue weighted by Gasteiger charge is 2.30. The summed E-state index contributed by atoms with van der Waals surface area (Å²) in [6.45, 7) is 1.000. The third-order valence-corrected chi connectivity index (χ3v) is 3.87. The monoisotopic (exact) mass is 296 g/mol. The average molecular weight is 297 g/mol. The van der Waals surface area contributed by atoms with Crippen molar-refractivity contribution in [2.24, 2.45) is 11.7 Å². The van der Waals surface area contributed by atoms with Gasteiger partial charge in [-0.05, 0) is 18.8 Å². The molecule has 0 bridgehead atoms. The molecule has 1 amide bonds. The van der Waals surface area contributed by atoms with E-state index in [-0.39, 0.29) is 11.9 Å². The molecule has 1 aromatic rings. The van der Waals surface area contributed by atoms with Crippen LogP contribution in [0.2, 0.25) is 5.02 Å². The van der Waals surface area contributed by atoms with Gasteiger partial charge in [0, 0.05) is 24.6 Å². The zero-order chi connectivity index (χ0) is 14.1. The molecule has 0 aromatic heterocycles. The summed E-state index contributed by atoms with van der Waals surface area (Å²) >= 11 is 6.14. The van der Waals surface area contributed by atoms with E-state index in [1.165, 1.54) is 0 Å². The Hall–Kier alpha value is -1.46. The summed E-state index contributed by atoms with van der Waals surface area (Å²) in [4.78, 5) is 12.0. The number of carbonyl (C=O) groups is 1. The molecule has 3 N–H and O–H groups in total. The van der Waals surface area contributed by atoms with Crippen LogP contribution in [0.3, 0.4) is 0 Å². The molecule has 0 radical (unpaired) electrons. The molecule has 6 heteroatoms. The van der Waals surface area contributed by atoms with Crippen molar-refractivity contribution < 1.29 is 14.3 Å². The minimum absolute atomic E-state index is 0.0639. The van der Waals surface area contributed by atoms with Crippen LogP contribution in [0.15, 0.2) is 12.1 Å². The molecule has 20 heavy (non-hydrogen) atoms. The van der Waals surface area contributed by atoms with Crippen LogP contribution in [0, 0.1) is 5.92 Å². The number of ether oxygens (including phenoxy) is 2. The molecule has 1 saturated carbocycles. The first-order valence-electron chi connectivity index (χ1n) is 6.78. The fourth-order valence-corrected chi connectivity index (χ4v) is 2.47. The minimum atomic E-state index is -0.122. The highest BCUT2D eigenvalue weighted by molar-refractivity contribution is 6.34. The summed E-state index contributed by atoms with van der Waals surface area (Å²) in [6.07, 6.45) is 2.56. The Morgan fingerprint density at radius 2 is 2.00 bits per heavy atom. The summed E-state index contributed by atoms with van der Waals surface area (Å²) in [5.74, 6) is 1.58. The SMILES string of the molecule is NC(CC(=O)Nc1cc2c(cc1Cl)OCCO2)C1CC1. The van der Waals surface area contributed by atoms with Crippen molar-refractivity contribution in [2.75, 3.05) is 18.5 Å². The van der Waals surface area contributed by atoms with E-state index < -0.39 is 0 Å². The molecule has 5 nitrogen and oxygen atoms in total. The van der Waals surface area contributed by atoms with Crippen LogP contribution in [0.1, 0.15) is 19.3 Å². The van der Waals surface area contributed by atoms with Crippen molar-refractivity contribution in [3.8, 4) is 11.5 Å². The summed E-state index contributed by atoms with van der Waals surface area (Å²) in [5.41, 5.74) is 6.48. The van der Waals surface area contributed by atoms with Gasteiger partial charge >= 0.3 is 0 Å². The Morgan fingerprint density at radius 1 is 1.35 bits per heavy atom. The molecule has 1 atom stereocenters. The van der Waals surface area contributed by atoms with E-state index in [2.05, 4.69) is 5.32 Å². The third-order valence-electron chi connectivity index (χ3n) is 3.55. The van der Waals surface area contributed by atoms with Gasteiger partial charge in [0.25, 0.3) is 0 Å². The van der Waals surface area contributed by atoms with Gasteiger partial charge in [0.15, 0.2) is 11.5 Å². The third kappa shape index (κ3) is 2.99. The fraction of sp³-hybridized carbons (Fsp3) is 0.500. The van der Waals surface area contributed by atoms with E-state index in [9.17, 15) is 4.79 Å². The van der Waals surface area contributed by atoms with Crippen LogP contribution in [0.25, 0.3) is 0 Å². The Balaban J connectivity index is 1.68. The largest absolute Gasteiger partial charge is 0.486 e. The maximum atomic E-state index is 12.0. The normalized spacial score (nSPS) is 18.5. The van der Waals surface area contributed by atoms with Crippen molar-refractivity contribution in [2.45, 2.75) is 25.3 Å². The smallest absolute Gasteiger partial charge is 0.225 e. The number of fused-ring (bicyclic) bond motifs is 1. The predicted octanol–water partition coefficient (Wildman–Crippen LogP) is 2.18. The van der Waals surface area contributed by atoms with Crippen molar-refractivity contribution in [1.29, 1.82) is 0 Å². The zero-order valence-corrected chi connectivity index (χ0v) is 11.8. The zero-order valence-electron chi connectivity index (χ0n) is 11.0. The number of rotatable bonds is 4. The van der Waals surface area contributed by atoms with Crippen LogP contribution >= 0.6 is 11.6 Å². The standard InChI is InChI=1S/C14H17ClN2O3/c15-9-5-12-13(20-4-3-19-12)7-11(9)17-14(18)6-10(16)8-1-2-8/h5,7-8,10H,1-4,6,16H2,(H,17,18). The minimum Gasteiger partial charge on any atom is -0.486 e. The van der Waals surface area contributed by atoms with Gasteiger partial charge in [-0.3, -0.25) is 4.79 Å². The number of nitrogens with one attached hydrogen (secondary N) is 1.